The summed E-state index contributed by atoms with van der Waals surface area (Å²) in [5.41, 5.74) is -3.11. The molecule has 7 heteroatoms. The summed E-state index contributed by atoms with van der Waals surface area (Å²) in [7, 11) is 0. The van der Waals surface area contributed by atoms with Crippen LogP contribution < -0.4 is 0 Å². The Hall–Kier alpha value is -1.11. The highest BCUT2D eigenvalue weighted by molar-refractivity contribution is 5.89. The lowest BCUT2D eigenvalue weighted by molar-refractivity contribution is -0.302. The van der Waals surface area contributed by atoms with Crippen LogP contribution in [-0.2, 0) is 4.79 Å². The SMILES string of the molecule is CC1=NN(C(=O)CC(C)C)[C@](O)(C(F)(F)F)C1. The topological polar surface area (TPSA) is 52.9 Å². The van der Waals surface area contributed by atoms with Crippen LogP contribution in [0.1, 0.15) is 33.6 Å². The van der Waals surface area contributed by atoms with E-state index < -0.39 is 24.2 Å². The molecule has 0 bridgehead atoms. The monoisotopic (exact) mass is 252 g/mol. The van der Waals surface area contributed by atoms with Gasteiger partial charge in [0.1, 0.15) is 0 Å². The molecule has 17 heavy (non-hydrogen) atoms. The summed E-state index contributed by atoms with van der Waals surface area (Å²) in [4.78, 5) is 11.6. The Labute approximate surface area is 97.1 Å². The van der Waals surface area contributed by atoms with Crippen molar-refractivity contribution in [2.45, 2.75) is 45.5 Å². The average Bonchev–Trinajstić information content (AvgIpc) is 2.40. The summed E-state index contributed by atoms with van der Waals surface area (Å²) in [5.74, 6) is -0.923. The van der Waals surface area contributed by atoms with Crippen LogP contribution in [0.25, 0.3) is 0 Å². The molecule has 0 fully saturated rings. The molecule has 0 unspecified atom stereocenters. The first kappa shape index (κ1) is 14.0. The number of hydrazone groups is 1. The maximum absolute atomic E-state index is 12.7. The fourth-order valence-corrected chi connectivity index (χ4v) is 1.64. The number of hydrogen-bond acceptors (Lipinski definition) is 3. The van der Waals surface area contributed by atoms with Gasteiger partial charge in [-0.15, -0.1) is 0 Å². The minimum Gasteiger partial charge on any atom is -0.362 e. The summed E-state index contributed by atoms with van der Waals surface area (Å²) in [6.45, 7) is 4.76. The van der Waals surface area contributed by atoms with E-state index in [2.05, 4.69) is 5.10 Å². The molecule has 1 aliphatic heterocycles. The minimum atomic E-state index is -4.92. The quantitative estimate of drug-likeness (QED) is 0.816. The third kappa shape index (κ3) is 2.59. The van der Waals surface area contributed by atoms with E-state index in [1.807, 2.05) is 0 Å². The second kappa shape index (κ2) is 4.29. The minimum absolute atomic E-state index is 0.0851. The fraction of sp³-hybridized carbons (Fsp3) is 0.800. The molecule has 98 valence electrons. The number of carbonyl (C=O) groups excluding carboxylic acids is 1. The van der Waals surface area contributed by atoms with Gasteiger partial charge in [-0.05, 0) is 12.8 Å². The van der Waals surface area contributed by atoms with E-state index in [-0.39, 0.29) is 23.1 Å². The maximum atomic E-state index is 12.7. The Morgan fingerprint density at radius 1 is 1.59 bits per heavy atom. The average molecular weight is 252 g/mol. The molecule has 1 aliphatic rings. The smallest absolute Gasteiger partial charge is 0.362 e. The predicted octanol–water partition coefficient (Wildman–Crippen LogP) is 1.89. The fourth-order valence-electron chi connectivity index (χ4n) is 1.64. The van der Waals surface area contributed by atoms with Gasteiger partial charge in [0.15, 0.2) is 0 Å². The lowest BCUT2D eigenvalue weighted by Gasteiger charge is -2.32. The first-order chi connectivity index (χ1) is 7.58. The molecule has 1 N–H and O–H groups in total. The lowest BCUT2D eigenvalue weighted by Crippen LogP contribution is -2.56. The molecule has 0 aromatic rings. The van der Waals surface area contributed by atoms with Gasteiger partial charge in [0.25, 0.3) is 5.72 Å². The van der Waals surface area contributed by atoms with Gasteiger partial charge in [0.05, 0.1) is 0 Å². The molecular formula is C10H15F3N2O2. The number of aliphatic hydroxyl groups is 1. The van der Waals surface area contributed by atoms with Gasteiger partial charge in [-0.2, -0.15) is 23.3 Å². The standard InChI is InChI=1S/C10H15F3N2O2/c1-6(2)4-8(16)15-9(17,10(11,12)13)5-7(3)14-15/h6,17H,4-5H2,1-3H3/t9-/m1/s1. The number of nitrogens with zero attached hydrogens (tertiary/aromatic N) is 2. The number of alkyl halides is 3. The van der Waals surface area contributed by atoms with Crippen LogP contribution in [0.4, 0.5) is 13.2 Å². The van der Waals surface area contributed by atoms with Gasteiger partial charge in [-0.25, -0.2) is 0 Å². The molecule has 0 aromatic carbocycles. The molecule has 1 rings (SSSR count). The highest BCUT2D eigenvalue weighted by atomic mass is 19.4. The van der Waals surface area contributed by atoms with Crippen molar-refractivity contribution < 1.29 is 23.1 Å². The summed E-state index contributed by atoms with van der Waals surface area (Å²) in [6, 6.07) is 0. The van der Waals surface area contributed by atoms with Gasteiger partial charge < -0.3 is 5.11 Å². The van der Waals surface area contributed by atoms with Crippen LogP contribution >= 0.6 is 0 Å². The van der Waals surface area contributed by atoms with Crippen LogP contribution in [0, 0.1) is 5.92 Å². The maximum Gasteiger partial charge on any atom is 0.438 e. The van der Waals surface area contributed by atoms with Crippen molar-refractivity contribution in [3.8, 4) is 0 Å². The van der Waals surface area contributed by atoms with E-state index in [1.54, 1.807) is 13.8 Å². The van der Waals surface area contributed by atoms with E-state index in [4.69, 9.17) is 0 Å². The second-order valence-corrected chi connectivity index (χ2v) is 4.63. The molecule has 0 saturated carbocycles. The Balaban J connectivity index is 2.99. The van der Waals surface area contributed by atoms with Crippen molar-refractivity contribution in [3.63, 3.8) is 0 Å². The normalized spacial score (nSPS) is 25.4. The zero-order valence-corrected chi connectivity index (χ0v) is 9.88. The number of rotatable bonds is 2. The Morgan fingerprint density at radius 3 is 2.53 bits per heavy atom. The van der Waals surface area contributed by atoms with Crippen molar-refractivity contribution >= 4 is 11.6 Å². The first-order valence-corrected chi connectivity index (χ1v) is 5.24. The predicted molar refractivity (Wildman–Crippen MR) is 55.0 cm³/mol. The molecule has 0 spiro atoms. The molecule has 0 aliphatic carbocycles. The molecule has 0 aromatic heterocycles. The molecule has 0 saturated heterocycles. The molecule has 4 nitrogen and oxygen atoms in total. The first-order valence-electron chi connectivity index (χ1n) is 5.24. The summed E-state index contributed by atoms with van der Waals surface area (Å²) in [6.07, 6.45) is -5.70. The third-order valence-corrected chi connectivity index (χ3v) is 2.40. The molecule has 1 heterocycles. The van der Waals surface area contributed by atoms with Gasteiger partial charge >= 0.3 is 6.18 Å². The van der Waals surface area contributed by atoms with Crippen molar-refractivity contribution in [2.24, 2.45) is 11.0 Å². The Kier molecular flexibility index (Phi) is 3.52. The van der Waals surface area contributed by atoms with E-state index >= 15 is 0 Å². The van der Waals surface area contributed by atoms with Crippen LogP contribution in [0.15, 0.2) is 5.10 Å². The van der Waals surface area contributed by atoms with Crippen LogP contribution in [0.2, 0.25) is 0 Å². The molecular weight excluding hydrogens is 237 g/mol. The second-order valence-electron chi connectivity index (χ2n) is 4.63. The number of halogens is 3. The highest BCUT2D eigenvalue weighted by Crippen LogP contribution is 2.40. The van der Waals surface area contributed by atoms with Gasteiger partial charge in [-0.1, -0.05) is 13.8 Å². The van der Waals surface area contributed by atoms with E-state index in [1.165, 1.54) is 6.92 Å². The summed E-state index contributed by atoms with van der Waals surface area (Å²) >= 11 is 0. The summed E-state index contributed by atoms with van der Waals surface area (Å²) in [5, 5.41) is 13.3. The van der Waals surface area contributed by atoms with E-state index in [0.29, 0.717) is 0 Å². The largest absolute Gasteiger partial charge is 0.438 e. The van der Waals surface area contributed by atoms with Crippen LogP contribution in [0.5, 0.6) is 0 Å². The van der Waals surface area contributed by atoms with Gasteiger partial charge in [0.2, 0.25) is 5.91 Å². The van der Waals surface area contributed by atoms with Crippen molar-refractivity contribution in [1.82, 2.24) is 5.01 Å². The number of hydrogen-bond donors (Lipinski definition) is 1. The molecule has 1 amide bonds. The number of amides is 1. The van der Waals surface area contributed by atoms with Crippen LogP contribution in [0.3, 0.4) is 0 Å². The molecule has 1 atom stereocenters. The van der Waals surface area contributed by atoms with Crippen molar-refractivity contribution in [1.29, 1.82) is 0 Å². The third-order valence-electron chi connectivity index (χ3n) is 2.40. The zero-order chi connectivity index (χ0) is 13.4. The van der Waals surface area contributed by atoms with Crippen molar-refractivity contribution in [2.75, 3.05) is 0 Å². The van der Waals surface area contributed by atoms with Crippen LogP contribution in [-0.4, -0.2) is 33.6 Å². The van der Waals surface area contributed by atoms with E-state index in [9.17, 15) is 23.1 Å². The van der Waals surface area contributed by atoms with Crippen molar-refractivity contribution in [3.05, 3.63) is 0 Å². The zero-order valence-electron chi connectivity index (χ0n) is 9.88. The lowest BCUT2D eigenvalue weighted by atomic mass is 10.1. The van der Waals surface area contributed by atoms with Gasteiger partial charge in [0, 0.05) is 18.6 Å². The Morgan fingerprint density at radius 2 is 2.12 bits per heavy atom. The summed E-state index contributed by atoms with van der Waals surface area (Å²) < 4.78 is 38.2. The molecule has 0 radical (unpaired) electrons. The van der Waals surface area contributed by atoms with Gasteiger partial charge in [-0.3, -0.25) is 4.79 Å². The number of carbonyl (C=O) groups is 1. The highest BCUT2D eigenvalue weighted by Gasteiger charge is 2.62. The van der Waals surface area contributed by atoms with E-state index in [0.717, 1.165) is 0 Å². The Bertz CT molecular complexity index is 352.